The number of thiazole rings is 1. The molecular weight excluding hydrogens is 303 g/mol. The molecule has 0 amide bonds. The minimum absolute atomic E-state index is 0.00475. The highest BCUT2D eigenvalue weighted by molar-refractivity contribution is 7.93. The Bertz CT molecular complexity index is 741. The first-order chi connectivity index (χ1) is 9.35. The topological polar surface area (TPSA) is 68.3 Å². The molecule has 0 aliphatic carbocycles. The summed E-state index contributed by atoms with van der Waals surface area (Å²) in [5.41, 5.74) is 0.718. The number of anilines is 1. The van der Waals surface area contributed by atoms with Crippen molar-refractivity contribution in [2.45, 2.75) is 18.7 Å². The number of rotatable bonds is 4. The molecule has 0 radical (unpaired) electrons. The van der Waals surface area contributed by atoms with Crippen LogP contribution in [0.5, 0.6) is 5.75 Å². The summed E-state index contributed by atoms with van der Waals surface area (Å²) in [4.78, 5) is 3.88. The molecule has 0 fully saturated rings. The highest BCUT2D eigenvalue weighted by Gasteiger charge is 2.22. The number of hydrogen-bond acceptors (Lipinski definition) is 5. The number of hydrogen-bond donors (Lipinski definition) is 1. The van der Waals surface area contributed by atoms with Gasteiger partial charge in [-0.05, 0) is 26.0 Å². The van der Waals surface area contributed by atoms with Crippen molar-refractivity contribution in [1.82, 2.24) is 4.98 Å². The van der Waals surface area contributed by atoms with Gasteiger partial charge >= 0.3 is 0 Å². The van der Waals surface area contributed by atoms with Gasteiger partial charge in [0.05, 0.1) is 17.7 Å². The monoisotopic (exact) mass is 316 g/mol. The number of halogens is 1. The number of aromatic nitrogens is 1. The van der Waals surface area contributed by atoms with E-state index in [0.29, 0.717) is 5.69 Å². The molecule has 1 heterocycles. The first kappa shape index (κ1) is 14.7. The van der Waals surface area contributed by atoms with Crippen LogP contribution >= 0.6 is 11.3 Å². The normalized spacial score (nSPS) is 11.4. The van der Waals surface area contributed by atoms with Gasteiger partial charge in [-0.3, -0.25) is 4.72 Å². The first-order valence-electron chi connectivity index (χ1n) is 5.63. The maximum absolute atomic E-state index is 13.9. The maximum atomic E-state index is 13.9. The van der Waals surface area contributed by atoms with Gasteiger partial charge in [-0.15, -0.1) is 11.3 Å². The third-order valence-corrected chi connectivity index (χ3v) is 5.14. The minimum atomic E-state index is -3.88. The third-order valence-electron chi connectivity index (χ3n) is 2.65. The third kappa shape index (κ3) is 2.75. The molecule has 1 N–H and O–H groups in total. The second kappa shape index (κ2) is 5.37. The number of nitrogens with one attached hydrogen (secondary N) is 1. The summed E-state index contributed by atoms with van der Waals surface area (Å²) >= 11 is 1.17. The van der Waals surface area contributed by atoms with Crippen molar-refractivity contribution in [2.24, 2.45) is 0 Å². The molecular formula is C12H13FN2O3S2. The van der Waals surface area contributed by atoms with Crippen LogP contribution < -0.4 is 9.46 Å². The molecule has 0 bridgehead atoms. The average molecular weight is 316 g/mol. The Morgan fingerprint density at radius 1 is 1.35 bits per heavy atom. The smallest absolute Gasteiger partial charge is 0.264 e. The van der Waals surface area contributed by atoms with E-state index in [2.05, 4.69) is 9.71 Å². The number of nitrogens with zero attached hydrogens (tertiary/aromatic N) is 1. The highest BCUT2D eigenvalue weighted by Crippen LogP contribution is 2.28. The first-order valence-corrected chi connectivity index (χ1v) is 7.99. The molecule has 0 aliphatic heterocycles. The van der Waals surface area contributed by atoms with Gasteiger partial charge in [0, 0.05) is 10.9 Å². The van der Waals surface area contributed by atoms with Gasteiger partial charge in [0.2, 0.25) is 0 Å². The Labute approximate surface area is 120 Å². The average Bonchev–Trinajstić information content (AvgIpc) is 2.77. The van der Waals surface area contributed by atoms with E-state index >= 15 is 0 Å². The second-order valence-electron chi connectivity index (χ2n) is 4.10. The van der Waals surface area contributed by atoms with E-state index in [0.717, 1.165) is 0 Å². The zero-order chi connectivity index (χ0) is 14.9. The van der Waals surface area contributed by atoms with E-state index in [9.17, 15) is 12.8 Å². The molecule has 0 unspecified atom stereocenters. The Hall–Kier alpha value is -1.67. The SMILES string of the molecule is COc1ccc(S(=O)(=O)Nc2nc(C)cs2)c(C)c1F. The van der Waals surface area contributed by atoms with Crippen molar-refractivity contribution in [3.63, 3.8) is 0 Å². The van der Waals surface area contributed by atoms with Crippen LogP contribution in [0.15, 0.2) is 22.4 Å². The molecule has 1 aromatic carbocycles. The van der Waals surface area contributed by atoms with Gasteiger partial charge < -0.3 is 4.74 Å². The molecule has 0 aliphatic rings. The zero-order valence-corrected chi connectivity index (χ0v) is 12.7. The molecule has 0 atom stereocenters. The summed E-state index contributed by atoms with van der Waals surface area (Å²) in [5.74, 6) is -0.683. The molecule has 0 saturated heterocycles. The fourth-order valence-corrected chi connectivity index (χ4v) is 3.84. The van der Waals surface area contributed by atoms with Crippen LogP contribution in [0.4, 0.5) is 9.52 Å². The standard InChI is InChI=1S/C12H13FN2O3S2/c1-7-6-19-12(14-7)15-20(16,17)10-5-4-9(18-3)11(13)8(10)2/h4-6H,1-3H3,(H,14,15). The van der Waals surface area contributed by atoms with Gasteiger partial charge in [0.1, 0.15) is 0 Å². The molecule has 2 rings (SSSR count). The van der Waals surface area contributed by atoms with Crippen LogP contribution in [-0.4, -0.2) is 20.5 Å². The lowest BCUT2D eigenvalue weighted by Crippen LogP contribution is -2.15. The summed E-state index contributed by atoms with van der Waals surface area (Å²) in [6.45, 7) is 3.14. The van der Waals surface area contributed by atoms with Gasteiger partial charge in [0.15, 0.2) is 16.7 Å². The van der Waals surface area contributed by atoms with Gasteiger partial charge in [-0.1, -0.05) is 0 Å². The van der Waals surface area contributed by atoms with Crippen molar-refractivity contribution in [1.29, 1.82) is 0 Å². The fraction of sp³-hybridized carbons (Fsp3) is 0.250. The lowest BCUT2D eigenvalue weighted by atomic mass is 10.2. The van der Waals surface area contributed by atoms with Crippen molar-refractivity contribution in [2.75, 3.05) is 11.8 Å². The Kier molecular flexibility index (Phi) is 3.96. The van der Waals surface area contributed by atoms with E-state index in [4.69, 9.17) is 4.74 Å². The molecule has 0 spiro atoms. The second-order valence-corrected chi connectivity index (χ2v) is 6.61. The van der Waals surface area contributed by atoms with Crippen LogP contribution in [0, 0.1) is 19.7 Å². The molecule has 1 aromatic heterocycles. The molecule has 0 saturated carbocycles. The Balaban J connectivity index is 2.42. The van der Waals surface area contributed by atoms with Crippen LogP contribution in [0.1, 0.15) is 11.3 Å². The lowest BCUT2D eigenvalue weighted by Gasteiger charge is -2.11. The van der Waals surface area contributed by atoms with Crippen LogP contribution in [0.3, 0.4) is 0 Å². The van der Waals surface area contributed by atoms with E-state index in [1.807, 2.05) is 0 Å². The van der Waals surface area contributed by atoms with Crippen LogP contribution in [0.2, 0.25) is 0 Å². The fourth-order valence-electron chi connectivity index (χ4n) is 1.66. The molecule has 5 nitrogen and oxygen atoms in total. The van der Waals surface area contributed by atoms with Crippen molar-refractivity contribution >= 4 is 26.5 Å². The molecule has 8 heteroatoms. The van der Waals surface area contributed by atoms with E-state index < -0.39 is 15.8 Å². The quantitative estimate of drug-likeness (QED) is 0.941. The number of aryl methyl sites for hydroxylation is 1. The molecule has 2 aromatic rings. The summed E-state index contributed by atoms with van der Waals surface area (Å²) in [5, 5.41) is 1.97. The van der Waals surface area contributed by atoms with Gasteiger partial charge in [0.25, 0.3) is 10.0 Å². The number of benzene rings is 1. The Morgan fingerprint density at radius 3 is 2.60 bits per heavy atom. The number of sulfonamides is 1. The Morgan fingerprint density at radius 2 is 2.05 bits per heavy atom. The van der Waals surface area contributed by atoms with E-state index in [-0.39, 0.29) is 21.3 Å². The molecule has 108 valence electrons. The van der Waals surface area contributed by atoms with Gasteiger partial charge in [-0.25, -0.2) is 17.8 Å². The number of ether oxygens (including phenoxy) is 1. The summed E-state index contributed by atoms with van der Waals surface area (Å²) < 4.78 is 45.5. The number of methoxy groups -OCH3 is 1. The largest absolute Gasteiger partial charge is 0.494 e. The zero-order valence-electron chi connectivity index (χ0n) is 11.1. The predicted octanol–water partition coefficient (Wildman–Crippen LogP) is 2.71. The molecule has 20 heavy (non-hydrogen) atoms. The van der Waals surface area contributed by atoms with Crippen LogP contribution in [0.25, 0.3) is 0 Å². The maximum Gasteiger partial charge on any atom is 0.264 e. The highest BCUT2D eigenvalue weighted by atomic mass is 32.2. The van der Waals surface area contributed by atoms with Crippen molar-refractivity contribution in [3.8, 4) is 5.75 Å². The van der Waals surface area contributed by atoms with E-state index in [1.165, 1.54) is 37.5 Å². The van der Waals surface area contributed by atoms with Crippen LogP contribution in [-0.2, 0) is 10.0 Å². The van der Waals surface area contributed by atoms with Gasteiger partial charge in [-0.2, -0.15) is 0 Å². The predicted molar refractivity (Wildman–Crippen MR) is 75.3 cm³/mol. The summed E-state index contributed by atoms with van der Waals surface area (Å²) in [6, 6.07) is 2.59. The summed E-state index contributed by atoms with van der Waals surface area (Å²) in [6.07, 6.45) is 0. The van der Waals surface area contributed by atoms with Crippen molar-refractivity contribution < 1.29 is 17.5 Å². The van der Waals surface area contributed by atoms with E-state index in [1.54, 1.807) is 12.3 Å². The minimum Gasteiger partial charge on any atom is -0.494 e. The summed E-state index contributed by atoms with van der Waals surface area (Å²) in [7, 11) is -2.55. The van der Waals surface area contributed by atoms with Crippen molar-refractivity contribution in [3.05, 3.63) is 34.6 Å². The lowest BCUT2D eigenvalue weighted by molar-refractivity contribution is 0.384.